The van der Waals surface area contributed by atoms with Gasteiger partial charge in [0, 0.05) is 11.3 Å². The second kappa shape index (κ2) is 3.49. The van der Waals surface area contributed by atoms with E-state index in [9.17, 15) is 0 Å². The zero-order chi connectivity index (χ0) is 9.14. The highest BCUT2D eigenvalue weighted by atomic mass is 15.3. The molecule has 4 nitrogen and oxygen atoms in total. The quantitative estimate of drug-likeness (QED) is 0.507. The van der Waals surface area contributed by atoms with E-state index < -0.39 is 0 Å². The molecule has 12 heavy (non-hydrogen) atoms. The van der Waals surface area contributed by atoms with E-state index in [4.69, 9.17) is 5.84 Å². The van der Waals surface area contributed by atoms with Crippen LogP contribution in [0.25, 0.3) is 0 Å². The van der Waals surface area contributed by atoms with E-state index in [1.807, 2.05) is 13.8 Å². The lowest BCUT2D eigenvalue weighted by molar-refractivity contribution is 0.944. The Labute approximate surface area is 72.2 Å². The third kappa shape index (κ3) is 1.53. The maximum atomic E-state index is 5.32. The number of hydrogen-bond acceptors (Lipinski definition) is 4. The van der Waals surface area contributed by atoms with Gasteiger partial charge in [0.15, 0.2) is 0 Å². The molecule has 0 unspecified atom stereocenters. The molecule has 1 heterocycles. The Kier molecular flexibility index (Phi) is 2.60. The lowest BCUT2D eigenvalue weighted by Crippen LogP contribution is -2.13. The van der Waals surface area contributed by atoms with Crippen LogP contribution in [0.1, 0.15) is 24.0 Å². The average Bonchev–Trinajstić information content (AvgIpc) is 2.03. The maximum absolute atomic E-state index is 5.32. The summed E-state index contributed by atoms with van der Waals surface area (Å²) in [6, 6.07) is 0. The van der Waals surface area contributed by atoms with Crippen LogP contribution < -0.4 is 11.3 Å². The summed E-state index contributed by atoms with van der Waals surface area (Å²) in [6.45, 7) is 5.88. The first-order valence-corrected chi connectivity index (χ1v) is 3.99. The van der Waals surface area contributed by atoms with E-state index >= 15 is 0 Å². The Bertz CT molecular complexity index is 283. The first-order valence-electron chi connectivity index (χ1n) is 3.99. The van der Waals surface area contributed by atoms with Crippen molar-refractivity contribution >= 4 is 5.82 Å². The van der Waals surface area contributed by atoms with Crippen molar-refractivity contribution in [1.82, 2.24) is 9.97 Å². The van der Waals surface area contributed by atoms with E-state index in [2.05, 4.69) is 22.3 Å². The summed E-state index contributed by atoms with van der Waals surface area (Å²) in [5.41, 5.74) is 4.66. The number of aromatic nitrogens is 2. The molecule has 3 N–H and O–H groups in total. The Morgan fingerprint density at radius 2 is 2.00 bits per heavy atom. The van der Waals surface area contributed by atoms with Crippen molar-refractivity contribution in [3.63, 3.8) is 0 Å². The van der Waals surface area contributed by atoms with Gasteiger partial charge in [0.1, 0.15) is 11.6 Å². The van der Waals surface area contributed by atoms with Crippen molar-refractivity contribution < 1.29 is 0 Å². The fourth-order valence-corrected chi connectivity index (χ4v) is 1.28. The van der Waals surface area contributed by atoms with E-state index in [0.717, 1.165) is 29.3 Å². The number of aryl methyl sites for hydroxylation is 2. The van der Waals surface area contributed by atoms with Gasteiger partial charge in [-0.3, -0.25) is 0 Å². The van der Waals surface area contributed by atoms with Crippen molar-refractivity contribution in [1.29, 1.82) is 0 Å². The third-order valence-electron chi connectivity index (χ3n) is 1.82. The van der Waals surface area contributed by atoms with Crippen LogP contribution in [-0.4, -0.2) is 9.97 Å². The fraction of sp³-hybridized carbons (Fsp3) is 0.500. The van der Waals surface area contributed by atoms with Crippen LogP contribution >= 0.6 is 0 Å². The smallest absolute Gasteiger partial charge is 0.147 e. The Hall–Kier alpha value is -1.16. The van der Waals surface area contributed by atoms with Crippen molar-refractivity contribution in [2.75, 3.05) is 5.43 Å². The lowest BCUT2D eigenvalue weighted by atomic mass is 10.2. The van der Waals surface area contributed by atoms with E-state index in [1.165, 1.54) is 0 Å². The van der Waals surface area contributed by atoms with Crippen LogP contribution in [-0.2, 0) is 6.42 Å². The molecule has 0 aliphatic rings. The van der Waals surface area contributed by atoms with Crippen LogP contribution in [0.5, 0.6) is 0 Å². The molecule has 0 saturated heterocycles. The molecular formula is C8H14N4. The number of nitrogens with zero attached hydrogens (tertiary/aromatic N) is 2. The normalized spacial score (nSPS) is 10.0. The van der Waals surface area contributed by atoms with Crippen molar-refractivity contribution in [2.24, 2.45) is 5.84 Å². The van der Waals surface area contributed by atoms with Crippen LogP contribution in [0, 0.1) is 13.8 Å². The van der Waals surface area contributed by atoms with Crippen LogP contribution in [0.15, 0.2) is 0 Å². The lowest BCUT2D eigenvalue weighted by Gasteiger charge is -2.08. The Balaban J connectivity index is 3.24. The summed E-state index contributed by atoms with van der Waals surface area (Å²) in [7, 11) is 0. The second-order valence-corrected chi connectivity index (χ2v) is 2.68. The molecule has 66 valence electrons. The largest absolute Gasteiger partial charge is 0.308 e. The number of nitrogens with two attached hydrogens (primary N) is 1. The molecule has 4 heteroatoms. The number of nitrogen functional groups attached to an aromatic ring is 1. The SMILES string of the molecule is CCc1c(C)nc(C)nc1NN. The third-order valence-corrected chi connectivity index (χ3v) is 1.82. The first-order chi connectivity index (χ1) is 5.69. The zero-order valence-corrected chi connectivity index (χ0v) is 7.68. The minimum absolute atomic E-state index is 0.738. The maximum Gasteiger partial charge on any atom is 0.147 e. The average molecular weight is 166 g/mol. The van der Waals surface area contributed by atoms with E-state index in [-0.39, 0.29) is 0 Å². The molecule has 0 radical (unpaired) electrons. The standard InChI is InChI=1S/C8H14N4/c1-4-7-5(2)10-6(3)11-8(7)12-9/h4,9H2,1-3H3,(H,10,11,12). The summed E-state index contributed by atoms with van der Waals surface area (Å²) >= 11 is 0. The highest BCUT2D eigenvalue weighted by Gasteiger charge is 2.05. The minimum Gasteiger partial charge on any atom is -0.308 e. The fourth-order valence-electron chi connectivity index (χ4n) is 1.28. The predicted molar refractivity (Wildman–Crippen MR) is 48.7 cm³/mol. The Morgan fingerprint density at radius 3 is 2.50 bits per heavy atom. The van der Waals surface area contributed by atoms with Gasteiger partial charge in [-0.1, -0.05) is 6.92 Å². The summed E-state index contributed by atoms with van der Waals surface area (Å²) in [6.07, 6.45) is 0.894. The van der Waals surface area contributed by atoms with Gasteiger partial charge in [-0.15, -0.1) is 0 Å². The molecule has 1 aromatic heterocycles. The monoisotopic (exact) mass is 166 g/mol. The first kappa shape index (κ1) is 8.93. The summed E-state index contributed by atoms with van der Waals surface area (Å²) in [5, 5.41) is 0. The molecule has 0 bridgehead atoms. The van der Waals surface area contributed by atoms with Gasteiger partial charge in [-0.05, 0) is 20.3 Å². The number of hydrogen-bond donors (Lipinski definition) is 2. The molecule has 1 rings (SSSR count). The topological polar surface area (TPSA) is 63.8 Å². The van der Waals surface area contributed by atoms with Crippen LogP contribution in [0.3, 0.4) is 0 Å². The van der Waals surface area contributed by atoms with Gasteiger partial charge in [0.25, 0.3) is 0 Å². The molecule has 0 amide bonds. The van der Waals surface area contributed by atoms with E-state index in [1.54, 1.807) is 0 Å². The van der Waals surface area contributed by atoms with Crippen LogP contribution in [0.2, 0.25) is 0 Å². The molecule has 0 fully saturated rings. The molecule has 1 aromatic rings. The van der Waals surface area contributed by atoms with Crippen molar-refractivity contribution in [2.45, 2.75) is 27.2 Å². The van der Waals surface area contributed by atoms with Gasteiger partial charge in [0.2, 0.25) is 0 Å². The number of nitrogens with one attached hydrogen (secondary N) is 1. The second-order valence-electron chi connectivity index (χ2n) is 2.68. The highest BCUT2D eigenvalue weighted by Crippen LogP contribution is 2.14. The summed E-state index contributed by atoms with van der Waals surface area (Å²) in [4.78, 5) is 8.42. The van der Waals surface area contributed by atoms with Gasteiger partial charge in [-0.25, -0.2) is 15.8 Å². The van der Waals surface area contributed by atoms with Gasteiger partial charge >= 0.3 is 0 Å². The van der Waals surface area contributed by atoms with Crippen molar-refractivity contribution in [3.05, 3.63) is 17.1 Å². The summed E-state index contributed by atoms with van der Waals surface area (Å²) < 4.78 is 0. The van der Waals surface area contributed by atoms with E-state index in [0.29, 0.717) is 0 Å². The Morgan fingerprint density at radius 1 is 1.33 bits per heavy atom. The molecule has 0 aliphatic heterocycles. The minimum atomic E-state index is 0.738. The van der Waals surface area contributed by atoms with Gasteiger partial charge in [-0.2, -0.15) is 0 Å². The molecule has 0 aliphatic carbocycles. The predicted octanol–water partition coefficient (Wildman–Crippen LogP) is 0.941. The molecule has 0 aromatic carbocycles. The number of hydrazine groups is 1. The van der Waals surface area contributed by atoms with Crippen LogP contribution in [0.4, 0.5) is 5.82 Å². The van der Waals surface area contributed by atoms with Gasteiger partial charge in [0.05, 0.1) is 0 Å². The molecule has 0 spiro atoms. The molecule has 0 saturated carbocycles. The highest BCUT2D eigenvalue weighted by molar-refractivity contribution is 5.45. The molecular weight excluding hydrogens is 152 g/mol. The number of anilines is 1. The van der Waals surface area contributed by atoms with Crippen molar-refractivity contribution in [3.8, 4) is 0 Å². The number of rotatable bonds is 2. The zero-order valence-electron chi connectivity index (χ0n) is 7.68. The van der Waals surface area contributed by atoms with Gasteiger partial charge < -0.3 is 5.43 Å². The summed E-state index contributed by atoms with van der Waals surface area (Å²) in [5.74, 6) is 6.81. The molecule has 0 atom stereocenters.